The summed E-state index contributed by atoms with van der Waals surface area (Å²) in [6, 6.07) is 0. The largest absolute Gasteiger partial charge is 0.536 e. The topological polar surface area (TPSA) is 38.7 Å². The molecule has 0 heterocycles. The molecule has 0 rings (SSSR count). The molecular weight excluding hydrogens is 171 g/mol. The Hall–Kier alpha value is -0.430. The van der Waals surface area contributed by atoms with Gasteiger partial charge in [0.05, 0.1) is 0 Å². The van der Waals surface area contributed by atoms with Gasteiger partial charge < -0.3 is 0 Å². The van der Waals surface area contributed by atoms with E-state index in [0.717, 1.165) is 6.21 Å². The summed E-state index contributed by atoms with van der Waals surface area (Å²) in [4.78, 5) is 0. The van der Waals surface area contributed by atoms with Gasteiger partial charge in [-0.05, 0) is 6.92 Å². The Morgan fingerprint density at radius 2 is 2.10 bits per heavy atom. The summed E-state index contributed by atoms with van der Waals surface area (Å²) in [5, 5.41) is 0. The van der Waals surface area contributed by atoms with E-state index in [0.29, 0.717) is 0 Å². The summed E-state index contributed by atoms with van der Waals surface area (Å²) >= 11 is -2.65. The summed E-state index contributed by atoms with van der Waals surface area (Å²) in [5.74, 6) is 0. The van der Waals surface area contributed by atoms with Gasteiger partial charge in [0, 0.05) is 6.21 Å². The number of hydrogen-bond donors (Lipinski definition) is 0. The van der Waals surface area contributed by atoms with E-state index in [1.165, 1.54) is 6.92 Å². The minimum atomic E-state index is -4.89. The molecular formula is C3H4F3NO2S. The van der Waals surface area contributed by atoms with Gasteiger partial charge in [0.2, 0.25) is 0 Å². The SMILES string of the molecule is CC=NS(=O)OC(F)(F)F. The van der Waals surface area contributed by atoms with Crippen molar-refractivity contribution in [2.75, 3.05) is 0 Å². The molecule has 0 fully saturated rings. The maximum Gasteiger partial charge on any atom is 0.536 e. The molecule has 0 radical (unpaired) electrons. The maximum absolute atomic E-state index is 11.1. The second-order valence-electron chi connectivity index (χ2n) is 1.11. The molecule has 3 nitrogen and oxygen atoms in total. The molecule has 60 valence electrons. The van der Waals surface area contributed by atoms with Crippen LogP contribution in [0.5, 0.6) is 0 Å². The van der Waals surface area contributed by atoms with Crippen LogP contribution in [0.25, 0.3) is 0 Å². The van der Waals surface area contributed by atoms with Gasteiger partial charge in [0.15, 0.2) is 0 Å². The molecule has 0 aliphatic carbocycles. The third-order valence-electron chi connectivity index (χ3n) is 0.357. The van der Waals surface area contributed by atoms with Crippen molar-refractivity contribution in [2.45, 2.75) is 13.3 Å². The first-order valence-electron chi connectivity index (χ1n) is 2.12. The Balaban J connectivity index is 3.81. The lowest BCUT2D eigenvalue weighted by atomic mass is 10.9. The van der Waals surface area contributed by atoms with Gasteiger partial charge in [-0.15, -0.1) is 13.2 Å². The zero-order chi connectivity index (χ0) is 8.20. The van der Waals surface area contributed by atoms with Crippen molar-refractivity contribution in [1.29, 1.82) is 0 Å². The van der Waals surface area contributed by atoms with Crippen molar-refractivity contribution in [3.05, 3.63) is 0 Å². The summed E-state index contributed by atoms with van der Waals surface area (Å²) < 4.78 is 49.2. The molecule has 0 aromatic heterocycles. The monoisotopic (exact) mass is 175 g/mol. The van der Waals surface area contributed by atoms with Crippen LogP contribution < -0.4 is 0 Å². The highest BCUT2D eigenvalue weighted by Crippen LogP contribution is 2.17. The number of halogens is 3. The molecule has 0 N–H and O–H groups in total. The van der Waals surface area contributed by atoms with Crippen LogP contribution in [0.15, 0.2) is 4.40 Å². The first-order valence-corrected chi connectivity index (χ1v) is 3.15. The van der Waals surface area contributed by atoms with Gasteiger partial charge in [-0.3, -0.25) is 0 Å². The minimum absolute atomic E-state index is 0.960. The standard InChI is InChI=1S/C3H4F3NO2S/c1-2-7-10(8)9-3(4,5)6/h2H,1H3. The molecule has 0 aliphatic heterocycles. The quantitative estimate of drug-likeness (QED) is 0.591. The molecule has 0 aromatic rings. The highest BCUT2D eigenvalue weighted by Gasteiger charge is 2.32. The summed E-state index contributed by atoms with van der Waals surface area (Å²) in [6.45, 7) is 1.33. The van der Waals surface area contributed by atoms with Crippen molar-refractivity contribution in [1.82, 2.24) is 0 Å². The summed E-state index contributed by atoms with van der Waals surface area (Å²) in [6.07, 6.45) is -3.93. The molecule has 0 aliphatic rings. The maximum atomic E-state index is 11.1. The highest BCUT2D eigenvalue weighted by molar-refractivity contribution is 7.78. The second-order valence-corrected chi connectivity index (χ2v) is 1.92. The van der Waals surface area contributed by atoms with Gasteiger partial charge >= 0.3 is 6.36 Å². The van der Waals surface area contributed by atoms with Gasteiger partial charge in [-0.2, -0.15) is 8.58 Å². The molecule has 0 spiro atoms. The molecule has 0 aromatic carbocycles. The van der Waals surface area contributed by atoms with Crippen LogP contribution in [0, 0.1) is 0 Å². The lowest BCUT2D eigenvalue weighted by Crippen LogP contribution is -2.13. The van der Waals surface area contributed by atoms with Crippen LogP contribution in [0.4, 0.5) is 13.2 Å². The van der Waals surface area contributed by atoms with Gasteiger partial charge in [0.1, 0.15) is 0 Å². The molecule has 10 heavy (non-hydrogen) atoms. The van der Waals surface area contributed by atoms with Crippen LogP contribution >= 0.6 is 0 Å². The van der Waals surface area contributed by atoms with E-state index in [1.807, 2.05) is 0 Å². The van der Waals surface area contributed by atoms with E-state index < -0.39 is 17.6 Å². The smallest absolute Gasteiger partial charge is 0.203 e. The predicted molar refractivity (Wildman–Crippen MR) is 29.4 cm³/mol. The van der Waals surface area contributed by atoms with Crippen LogP contribution in [-0.2, 0) is 15.4 Å². The fourth-order valence-corrected chi connectivity index (χ4v) is 0.565. The van der Waals surface area contributed by atoms with Crippen LogP contribution in [-0.4, -0.2) is 16.8 Å². The molecule has 0 saturated heterocycles. The third kappa shape index (κ3) is 5.70. The van der Waals surface area contributed by atoms with Crippen LogP contribution in [0.1, 0.15) is 6.92 Å². The first kappa shape index (κ1) is 9.57. The Bertz CT molecular complexity index is 154. The van der Waals surface area contributed by atoms with Crippen LogP contribution in [0.2, 0.25) is 0 Å². The Labute approximate surface area is 57.7 Å². The van der Waals surface area contributed by atoms with E-state index >= 15 is 0 Å². The number of hydrogen-bond acceptors (Lipinski definition) is 2. The van der Waals surface area contributed by atoms with E-state index in [2.05, 4.69) is 8.58 Å². The third-order valence-corrected chi connectivity index (χ3v) is 1.07. The van der Waals surface area contributed by atoms with Crippen molar-refractivity contribution in [2.24, 2.45) is 4.40 Å². The zero-order valence-electron chi connectivity index (χ0n) is 4.88. The second kappa shape index (κ2) is 3.67. The summed E-state index contributed by atoms with van der Waals surface area (Å²) in [7, 11) is 0. The number of alkyl halides is 3. The first-order chi connectivity index (χ1) is 4.45. The van der Waals surface area contributed by atoms with Gasteiger partial charge in [0.25, 0.3) is 11.3 Å². The molecule has 0 amide bonds. The van der Waals surface area contributed by atoms with Crippen molar-refractivity contribution in [3.8, 4) is 0 Å². The van der Waals surface area contributed by atoms with Crippen LogP contribution in [0.3, 0.4) is 0 Å². The molecule has 1 unspecified atom stereocenters. The van der Waals surface area contributed by atoms with Gasteiger partial charge in [-0.1, -0.05) is 0 Å². The van der Waals surface area contributed by atoms with E-state index in [-0.39, 0.29) is 0 Å². The fourth-order valence-electron chi connectivity index (χ4n) is 0.188. The molecule has 0 bridgehead atoms. The lowest BCUT2D eigenvalue weighted by molar-refractivity contribution is -0.269. The summed E-state index contributed by atoms with van der Waals surface area (Å²) in [5.41, 5.74) is 0. The van der Waals surface area contributed by atoms with Crippen molar-refractivity contribution >= 4 is 17.5 Å². The fraction of sp³-hybridized carbons (Fsp3) is 0.667. The van der Waals surface area contributed by atoms with E-state index in [4.69, 9.17) is 0 Å². The lowest BCUT2D eigenvalue weighted by Gasteiger charge is -2.00. The van der Waals surface area contributed by atoms with E-state index in [9.17, 15) is 17.4 Å². The Morgan fingerprint density at radius 3 is 2.40 bits per heavy atom. The highest BCUT2D eigenvalue weighted by atomic mass is 32.2. The number of nitrogens with zero attached hydrogens (tertiary/aromatic N) is 1. The average Bonchev–Trinajstić information content (AvgIpc) is 1.59. The predicted octanol–water partition coefficient (Wildman–Crippen LogP) is 1.19. The van der Waals surface area contributed by atoms with Crippen molar-refractivity contribution < 1.29 is 21.6 Å². The van der Waals surface area contributed by atoms with Crippen molar-refractivity contribution in [3.63, 3.8) is 0 Å². The molecule has 1 atom stereocenters. The molecule has 7 heteroatoms. The molecule has 0 saturated carbocycles. The average molecular weight is 175 g/mol. The Kier molecular flexibility index (Phi) is 3.51. The van der Waals surface area contributed by atoms with E-state index in [1.54, 1.807) is 0 Å². The normalized spacial score (nSPS) is 16.0. The Morgan fingerprint density at radius 1 is 1.60 bits per heavy atom. The number of rotatable bonds is 2. The van der Waals surface area contributed by atoms with Gasteiger partial charge in [-0.25, -0.2) is 4.21 Å². The minimum Gasteiger partial charge on any atom is -0.203 e. The zero-order valence-corrected chi connectivity index (χ0v) is 5.70.